The lowest BCUT2D eigenvalue weighted by molar-refractivity contribution is -0.384. The molecule has 0 fully saturated rings. The monoisotopic (exact) mass is 687 g/mol. The van der Waals surface area contributed by atoms with Gasteiger partial charge in [0.2, 0.25) is 0 Å². The van der Waals surface area contributed by atoms with Gasteiger partial charge in [-0.15, -0.1) is 0 Å². The summed E-state index contributed by atoms with van der Waals surface area (Å²) in [5.41, 5.74) is 0.961. The molecule has 4 aromatic rings. The van der Waals surface area contributed by atoms with E-state index in [1.807, 2.05) is 0 Å². The third-order valence-corrected chi connectivity index (χ3v) is 8.63. The highest BCUT2D eigenvalue weighted by Crippen LogP contribution is 2.41. The molecule has 0 aliphatic carbocycles. The van der Waals surface area contributed by atoms with Gasteiger partial charge >= 0.3 is 5.97 Å². The Morgan fingerprint density at radius 3 is 2.60 bits per heavy atom. The maximum atomic E-state index is 14.0. The van der Waals surface area contributed by atoms with Crippen molar-refractivity contribution in [3.05, 3.63) is 104 Å². The summed E-state index contributed by atoms with van der Waals surface area (Å²) >= 11 is 10.6. The molecule has 0 N–H and O–H groups in total. The smallest absolute Gasteiger partial charge is 0.338 e. The second-order valence-corrected chi connectivity index (χ2v) is 11.4. The molecule has 11 nitrogen and oxygen atoms in total. The third kappa shape index (κ3) is 5.63. The Labute approximate surface area is 261 Å². The average molecular weight is 689 g/mol. The molecule has 2 aromatic carbocycles. The first kappa shape index (κ1) is 30.3. The number of hydrogen-bond acceptors (Lipinski definition) is 10. The van der Waals surface area contributed by atoms with Crippen LogP contribution in [-0.4, -0.2) is 36.3 Å². The molecule has 0 radical (unpaired) electrons. The van der Waals surface area contributed by atoms with Crippen LogP contribution in [0.25, 0.3) is 17.4 Å². The standard InChI is InChI=1S/C29H23BrClN3O8S/c1-5-41-28(36)25-14(2)32-29-33(26(25)17-12-22(39-3)23(40-4)13-18(17)30)27(35)24(43-29)11-16-7-9-21(42-16)15-6-8-19(31)20(10-15)34(37)38/h6-13,26H,5H2,1-4H3/b24-11-/t26-/m1/s1. The maximum absolute atomic E-state index is 14.0. The van der Waals surface area contributed by atoms with E-state index in [0.29, 0.717) is 53.6 Å². The van der Waals surface area contributed by atoms with Gasteiger partial charge in [0.1, 0.15) is 16.5 Å². The summed E-state index contributed by atoms with van der Waals surface area (Å²) in [4.78, 5) is 42.9. The van der Waals surface area contributed by atoms with Crippen molar-refractivity contribution in [3.8, 4) is 22.8 Å². The minimum atomic E-state index is -0.895. The number of ether oxygens (including phenoxy) is 3. The Balaban J connectivity index is 1.66. The molecule has 1 atom stereocenters. The molecule has 1 aliphatic heterocycles. The van der Waals surface area contributed by atoms with Gasteiger partial charge in [0.15, 0.2) is 16.3 Å². The van der Waals surface area contributed by atoms with Gasteiger partial charge in [-0.1, -0.05) is 38.9 Å². The van der Waals surface area contributed by atoms with E-state index < -0.39 is 22.5 Å². The predicted molar refractivity (Wildman–Crippen MR) is 163 cm³/mol. The van der Waals surface area contributed by atoms with Gasteiger partial charge in [0.25, 0.3) is 11.2 Å². The van der Waals surface area contributed by atoms with Gasteiger partial charge in [-0.05, 0) is 55.8 Å². The van der Waals surface area contributed by atoms with E-state index in [1.54, 1.807) is 50.3 Å². The molecule has 1 aliphatic rings. The van der Waals surface area contributed by atoms with Gasteiger partial charge < -0.3 is 18.6 Å². The number of esters is 1. The minimum absolute atomic E-state index is 0.00907. The Kier molecular flexibility index (Phi) is 8.58. The zero-order chi connectivity index (χ0) is 31.0. The number of nitro benzene ring substituents is 1. The largest absolute Gasteiger partial charge is 0.493 e. The highest BCUT2D eigenvalue weighted by molar-refractivity contribution is 9.10. The summed E-state index contributed by atoms with van der Waals surface area (Å²) in [5, 5.41) is 11.3. The van der Waals surface area contributed by atoms with Crippen molar-refractivity contribution in [2.75, 3.05) is 20.8 Å². The Morgan fingerprint density at radius 1 is 1.21 bits per heavy atom. The molecule has 0 amide bonds. The number of fused-ring (bicyclic) bond motifs is 1. The first-order valence-corrected chi connectivity index (χ1v) is 14.7. The van der Waals surface area contributed by atoms with Crippen molar-refractivity contribution in [2.24, 2.45) is 4.99 Å². The van der Waals surface area contributed by atoms with Crippen LogP contribution in [0.3, 0.4) is 0 Å². The van der Waals surface area contributed by atoms with E-state index in [-0.39, 0.29) is 22.9 Å². The molecule has 0 saturated carbocycles. The van der Waals surface area contributed by atoms with E-state index >= 15 is 0 Å². The Hall–Kier alpha value is -4.20. The summed E-state index contributed by atoms with van der Waals surface area (Å²) in [7, 11) is 3.00. The van der Waals surface area contributed by atoms with Crippen molar-refractivity contribution in [3.63, 3.8) is 0 Å². The molecule has 5 rings (SSSR count). The zero-order valence-electron chi connectivity index (χ0n) is 23.2. The van der Waals surface area contributed by atoms with Crippen molar-refractivity contribution < 1.29 is 28.3 Å². The quantitative estimate of drug-likeness (QED) is 0.136. The number of furan rings is 1. The number of methoxy groups -OCH3 is 2. The number of hydrogen-bond donors (Lipinski definition) is 0. The fraction of sp³-hybridized carbons (Fsp3) is 0.207. The van der Waals surface area contributed by atoms with Crippen molar-refractivity contribution >= 4 is 56.6 Å². The first-order valence-electron chi connectivity index (χ1n) is 12.7. The number of carbonyl (C=O) groups is 1. The second kappa shape index (κ2) is 12.2. The molecular weight excluding hydrogens is 666 g/mol. The van der Waals surface area contributed by atoms with Crippen molar-refractivity contribution in [1.82, 2.24) is 4.57 Å². The van der Waals surface area contributed by atoms with Crippen LogP contribution >= 0.6 is 38.9 Å². The van der Waals surface area contributed by atoms with Crippen LogP contribution in [-0.2, 0) is 9.53 Å². The molecule has 222 valence electrons. The zero-order valence-corrected chi connectivity index (χ0v) is 26.3. The summed E-state index contributed by atoms with van der Waals surface area (Å²) < 4.78 is 24.5. The van der Waals surface area contributed by atoms with Crippen LogP contribution < -0.4 is 24.4 Å². The van der Waals surface area contributed by atoms with Crippen molar-refractivity contribution in [2.45, 2.75) is 19.9 Å². The Morgan fingerprint density at radius 2 is 1.93 bits per heavy atom. The number of nitrogens with zero attached hydrogens (tertiary/aromatic N) is 3. The summed E-state index contributed by atoms with van der Waals surface area (Å²) in [6.07, 6.45) is 1.56. The number of thiazole rings is 1. The van der Waals surface area contributed by atoms with Crippen LogP contribution in [0.15, 0.2) is 72.4 Å². The number of rotatable bonds is 8. The lowest BCUT2D eigenvalue weighted by Crippen LogP contribution is -2.40. The predicted octanol–water partition coefficient (Wildman–Crippen LogP) is 5.40. The van der Waals surface area contributed by atoms with Gasteiger partial charge in [0.05, 0.1) is 47.6 Å². The van der Waals surface area contributed by atoms with E-state index in [0.717, 1.165) is 11.3 Å². The number of halogens is 2. The van der Waals surface area contributed by atoms with Crippen LogP contribution in [0.2, 0.25) is 5.02 Å². The molecule has 43 heavy (non-hydrogen) atoms. The fourth-order valence-corrected chi connectivity index (χ4v) is 6.44. The van der Waals surface area contributed by atoms with E-state index in [1.165, 1.54) is 30.9 Å². The normalized spacial score (nSPS) is 14.7. The number of nitro groups is 1. The van der Waals surface area contributed by atoms with Crippen LogP contribution in [0.1, 0.15) is 31.2 Å². The molecule has 0 unspecified atom stereocenters. The minimum Gasteiger partial charge on any atom is -0.493 e. The number of carbonyl (C=O) groups excluding carboxylic acids is 1. The van der Waals surface area contributed by atoms with Gasteiger partial charge in [-0.25, -0.2) is 9.79 Å². The lowest BCUT2D eigenvalue weighted by atomic mass is 9.95. The summed E-state index contributed by atoms with van der Waals surface area (Å²) in [5.74, 6) is 0.960. The highest BCUT2D eigenvalue weighted by atomic mass is 79.9. The van der Waals surface area contributed by atoms with E-state index in [2.05, 4.69) is 20.9 Å². The fourth-order valence-electron chi connectivity index (χ4n) is 4.69. The van der Waals surface area contributed by atoms with Crippen LogP contribution in [0, 0.1) is 10.1 Å². The molecule has 0 spiro atoms. The van der Waals surface area contributed by atoms with Crippen LogP contribution in [0.5, 0.6) is 11.5 Å². The number of allylic oxidation sites excluding steroid dienone is 1. The molecule has 14 heteroatoms. The topological polar surface area (TPSA) is 135 Å². The highest BCUT2D eigenvalue weighted by Gasteiger charge is 2.35. The molecule has 0 saturated heterocycles. The number of aromatic nitrogens is 1. The van der Waals surface area contributed by atoms with Gasteiger partial charge in [0, 0.05) is 22.2 Å². The lowest BCUT2D eigenvalue weighted by Gasteiger charge is -2.26. The van der Waals surface area contributed by atoms with E-state index in [4.69, 9.17) is 30.2 Å². The first-order chi connectivity index (χ1) is 20.6. The van der Waals surface area contributed by atoms with Gasteiger partial charge in [-0.3, -0.25) is 19.5 Å². The summed E-state index contributed by atoms with van der Waals surface area (Å²) in [6, 6.07) is 10.1. The number of benzene rings is 2. The third-order valence-electron chi connectivity index (χ3n) is 6.64. The van der Waals surface area contributed by atoms with Gasteiger partial charge in [-0.2, -0.15) is 0 Å². The average Bonchev–Trinajstić information content (AvgIpc) is 3.56. The van der Waals surface area contributed by atoms with Crippen molar-refractivity contribution in [1.29, 1.82) is 0 Å². The molecular formula is C29H23BrClN3O8S. The van der Waals surface area contributed by atoms with Crippen LogP contribution in [0.4, 0.5) is 5.69 Å². The molecule has 0 bridgehead atoms. The molecule has 3 heterocycles. The van der Waals surface area contributed by atoms with E-state index in [9.17, 15) is 19.7 Å². The SMILES string of the molecule is CCOC(=O)C1=C(C)N=c2s/c(=C\c3ccc(-c4ccc(Cl)c([N+](=O)[O-])c4)o3)c(=O)n2[C@@H]1c1cc(OC)c(OC)cc1Br. The molecule has 2 aromatic heterocycles. The summed E-state index contributed by atoms with van der Waals surface area (Å²) in [6.45, 7) is 3.52. The maximum Gasteiger partial charge on any atom is 0.338 e. The Bertz CT molecular complexity index is 1990. The second-order valence-electron chi connectivity index (χ2n) is 9.16.